The first kappa shape index (κ1) is 21.1. The predicted octanol–water partition coefficient (Wildman–Crippen LogP) is 4.76. The number of nitrogens with one attached hydrogen (secondary N) is 1. The first-order valence-electron chi connectivity index (χ1n) is 9.10. The highest BCUT2D eigenvalue weighted by molar-refractivity contribution is 9.10. The van der Waals surface area contributed by atoms with Gasteiger partial charge in [-0.2, -0.15) is 4.99 Å². The van der Waals surface area contributed by atoms with Crippen molar-refractivity contribution in [2.45, 2.75) is 6.92 Å². The minimum atomic E-state index is -0.516. The average molecular weight is 498 g/mol. The van der Waals surface area contributed by atoms with Crippen LogP contribution in [0, 0.1) is 12.3 Å². The van der Waals surface area contributed by atoms with Crippen molar-refractivity contribution in [3.8, 4) is 11.5 Å². The zero-order valence-corrected chi connectivity index (χ0v) is 18.9. The number of amides is 1. The monoisotopic (exact) mass is 497 g/mol. The van der Waals surface area contributed by atoms with Crippen LogP contribution < -0.4 is 9.47 Å². The zero-order valence-electron chi connectivity index (χ0n) is 16.5. The van der Waals surface area contributed by atoms with E-state index in [0.717, 1.165) is 5.56 Å². The summed E-state index contributed by atoms with van der Waals surface area (Å²) in [4.78, 5) is 30.5. The Morgan fingerprint density at radius 1 is 1.29 bits per heavy atom. The number of hydrogen-bond acceptors (Lipinski definition) is 6. The van der Waals surface area contributed by atoms with Crippen LogP contribution in [0.5, 0.6) is 11.5 Å². The van der Waals surface area contributed by atoms with Gasteiger partial charge in [-0.25, -0.2) is 4.79 Å². The second-order valence-corrected chi connectivity index (χ2v) is 8.40. The van der Waals surface area contributed by atoms with Crippen molar-refractivity contribution in [1.82, 2.24) is 4.90 Å². The molecule has 0 saturated heterocycles. The molecule has 1 amide bonds. The number of esters is 1. The number of rotatable bonds is 4. The molecule has 2 aromatic carbocycles. The highest BCUT2D eigenvalue weighted by Gasteiger charge is 2.31. The molecular formula is C22H16BrN3O4S. The van der Waals surface area contributed by atoms with Gasteiger partial charge in [-0.15, -0.1) is 0 Å². The van der Waals surface area contributed by atoms with Gasteiger partial charge in [0.2, 0.25) is 0 Å². The van der Waals surface area contributed by atoms with Crippen LogP contribution in [0.4, 0.5) is 0 Å². The Morgan fingerprint density at radius 3 is 2.84 bits per heavy atom. The van der Waals surface area contributed by atoms with Gasteiger partial charge in [0.1, 0.15) is 5.84 Å². The molecule has 156 valence electrons. The molecule has 1 N–H and O–H groups in total. The molecule has 0 atom stereocenters. The Morgan fingerprint density at radius 2 is 2.10 bits per heavy atom. The molecule has 0 saturated carbocycles. The van der Waals surface area contributed by atoms with Crippen LogP contribution in [0.2, 0.25) is 0 Å². The van der Waals surface area contributed by atoms with E-state index in [4.69, 9.17) is 14.9 Å². The zero-order chi connectivity index (χ0) is 22.1. The van der Waals surface area contributed by atoms with Crippen LogP contribution in [-0.2, 0) is 4.79 Å². The Balaban J connectivity index is 1.66. The van der Waals surface area contributed by atoms with Crippen molar-refractivity contribution < 1.29 is 19.1 Å². The smallest absolute Gasteiger partial charge is 0.343 e. The van der Waals surface area contributed by atoms with Gasteiger partial charge in [0.15, 0.2) is 16.7 Å². The number of hydrogen-bond donors (Lipinski definition) is 1. The van der Waals surface area contributed by atoms with Gasteiger partial charge in [0, 0.05) is 6.20 Å². The van der Waals surface area contributed by atoms with Crippen molar-refractivity contribution in [2.75, 3.05) is 7.11 Å². The van der Waals surface area contributed by atoms with Gasteiger partial charge in [0.25, 0.3) is 5.91 Å². The molecule has 9 heteroatoms. The van der Waals surface area contributed by atoms with Crippen LogP contribution in [-0.4, -0.2) is 34.9 Å². The lowest BCUT2D eigenvalue weighted by Crippen LogP contribution is -2.35. The Bertz CT molecular complexity index is 1220. The summed E-state index contributed by atoms with van der Waals surface area (Å²) in [7, 11) is 1.46. The number of fused-ring (bicyclic) bond motifs is 1. The molecule has 0 aliphatic carbocycles. The third kappa shape index (κ3) is 4.19. The molecule has 2 aromatic rings. The summed E-state index contributed by atoms with van der Waals surface area (Å²) in [5, 5.41) is 10.6. The maximum atomic E-state index is 12.6. The standard InChI is InChI=1S/C22H16BrN3O4S/c1-12-4-3-5-14(8-12)21(28)30-18-16(23)10-13(11-17(18)29-2)9-15-19(24)26-6-7-31-22(26)25-20(15)27/h3-11,24H,1-2H3. The Labute approximate surface area is 191 Å². The molecule has 0 unspecified atom stereocenters. The summed E-state index contributed by atoms with van der Waals surface area (Å²) >= 11 is 4.70. The highest BCUT2D eigenvalue weighted by atomic mass is 79.9. The number of ether oxygens (including phenoxy) is 2. The molecule has 0 radical (unpaired) electrons. The normalized spacial score (nSPS) is 16.4. The molecule has 0 spiro atoms. The number of carbonyl (C=O) groups is 2. The van der Waals surface area contributed by atoms with E-state index in [-0.39, 0.29) is 17.2 Å². The van der Waals surface area contributed by atoms with E-state index in [2.05, 4.69) is 20.9 Å². The van der Waals surface area contributed by atoms with Crippen molar-refractivity contribution in [1.29, 1.82) is 5.41 Å². The van der Waals surface area contributed by atoms with E-state index in [1.54, 1.807) is 52.9 Å². The third-order valence-electron chi connectivity index (χ3n) is 4.52. The molecule has 2 heterocycles. The fraction of sp³-hybridized carbons (Fsp3) is 0.0909. The number of nitrogens with zero attached hydrogens (tertiary/aromatic N) is 2. The third-order valence-corrected chi connectivity index (χ3v) is 5.87. The van der Waals surface area contributed by atoms with Gasteiger partial charge in [-0.3, -0.25) is 15.1 Å². The number of aryl methyl sites for hydroxylation is 1. The number of aliphatic imine (C=N–C) groups is 1. The van der Waals surface area contributed by atoms with Crippen molar-refractivity contribution in [3.05, 3.63) is 74.7 Å². The van der Waals surface area contributed by atoms with Crippen LogP contribution in [0.25, 0.3) is 6.08 Å². The lowest BCUT2D eigenvalue weighted by Gasteiger charge is -2.22. The summed E-state index contributed by atoms with van der Waals surface area (Å²) in [6, 6.07) is 10.4. The van der Waals surface area contributed by atoms with Crippen molar-refractivity contribution in [2.24, 2.45) is 4.99 Å². The number of methoxy groups -OCH3 is 1. The summed E-state index contributed by atoms with van der Waals surface area (Å²) in [5.74, 6) is -0.435. The fourth-order valence-corrected chi connectivity index (χ4v) is 4.29. The first-order chi connectivity index (χ1) is 14.9. The molecule has 4 rings (SSSR count). The Kier molecular flexibility index (Phi) is 5.79. The van der Waals surface area contributed by atoms with Gasteiger partial charge < -0.3 is 9.47 Å². The SMILES string of the molecule is COc1cc(C=C2C(=N)N3C=CSC3=NC2=O)cc(Br)c1OC(=O)c1cccc(C)c1. The van der Waals surface area contributed by atoms with E-state index in [1.807, 2.05) is 13.0 Å². The van der Waals surface area contributed by atoms with Gasteiger partial charge in [0.05, 0.1) is 22.7 Å². The molecule has 0 bridgehead atoms. The van der Waals surface area contributed by atoms with E-state index >= 15 is 0 Å². The number of thioether (sulfide) groups is 1. The molecular weight excluding hydrogens is 482 g/mol. The number of amidine groups is 2. The second kappa shape index (κ2) is 8.52. The highest BCUT2D eigenvalue weighted by Crippen LogP contribution is 2.38. The molecule has 2 aliphatic heterocycles. The van der Waals surface area contributed by atoms with E-state index in [1.165, 1.54) is 18.9 Å². The Hall–Kier alpha value is -3.17. The fourth-order valence-electron chi connectivity index (χ4n) is 3.04. The van der Waals surface area contributed by atoms with Crippen LogP contribution in [0.1, 0.15) is 21.5 Å². The van der Waals surface area contributed by atoms with Crippen LogP contribution in [0.3, 0.4) is 0 Å². The summed E-state index contributed by atoms with van der Waals surface area (Å²) in [5.41, 5.74) is 2.10. The van der Waals surface area contributed by atoms with E-state index in [0.29, 0.717) is 26.5 Å². The molecule has 0 aromatic heterocycles. The summed E-state index contributed by atoms with van der Waals surface area (Å²) < 4.78 is 11.4. The summed E-state index contributed by atoms with van der Waals surface area (Å²) in [6.45, 7) is 1.89. The molecule has 7 nitrogen and oxygen atoms in total. The van der Waals surface area contributed by atoms with Crippen molar-refractivity contribution >= 4 is 56.6 Å². The lowest BCUT2D eigenvalue weighted by atomic mass is 10.1. The number of halogens is 1. The van der Waals surface area contributed by atoms with Crippen LogP contribution >= 0.6 is 27.7 Å². The molecule has 31 heavy (non-hydrogen) atoms. The van der Waals surface area contributed by atoms with E-state index in [9.17, 15) is 9.59 Å². The van der Waals surface area contributed by atoms with Gasteiger partial charge in [-0.05, 0) is 64.2 Å². The largest absolute Gasteiger partial charge is 0.493 e. The van der Waals surface area contributed by atoms with E-state index < -0.39 is 11.9 Å². The maximum absolute atomic E-state index is 12.6. The number of benzene rings is 2. The number of carbonyl (C=O) groups excluding carboxylic acids is 2. The van der Waals surface area contributed by atoms with Gasteiger partial charge in [-0.1, -0.05) is 29.5 Å². The average Bonchev–Trinajstić information content (AvgIpc) is 3.21. The van der Waals surface area contributed by atoms with Crippen LogP contribution in [0.15, 0.2) is 63.0 Å². The minimum absolute atomic E-state index is 0.0429. The molecule has 2 aliphatic rings. The first-order valence-corrected chi connectivity index (χ1v) is 10.8. The lowest BCUT2D eigenvalue weighted by molar-refractivity contribution is -0.114. The minimum Gasteiger partial charge on any atom is -0.493 e. The van der Waals surface area contributed by atoms with Gasteiger partial charge >= 0.3 is 5.97 Å². The quantitative estimate of drug-likeness (QED) is 0.371. The predicted molar refractivity (Wildman–Crippen MR) is 124 cm³/mol. The second-order valence-electron chi connectivity index (χ2n) is 6.67. The molecule has 0 fully saturated rings. The maximum Gasteiger partial charge on any atom is 0.343 e. The topological polar surface area (TPSA) is 92.1 Å². The van der Waals surface area contributed by atoms with Crippen molar-refractivity contribution in [3.63, 3.8) is 0 Å². The summed E-state index contributed by atoms with van der Waals surface area (Å²) in [6.07, 6.45) is 3.25.